The highest BCUT2D eigenvalue weighted by Crippen LogP contribution is 2.19. The van der Waals surface area contributed by atoms with Gasteiger partial charge >= 0.3 is 12.0 Å². The molecule has 0 radical (unpaired) electrons. The lowest BCUT2D eigenvalue weighted by atomic mass is 10.2. The van der Waals surface area contributed by atoms with E-state index in [0.717, 1.165) is 10.7 Å². The molecule has 0 fully saturated rings. The first-order valence-electron chi connectivity index (χ1n) is 7.12. The van der Waals surface area contributed by atoms with Gasteiger partial charge in [0.2, 0.25) is 0 Å². The second-order valence-electron chi connectivity index (χ2n) is 5.29. The van der Waals surface area contributed by atoms with Crippen LogP contribution < -0.4 is 11.1 Å². The molecule has 1 heterocycles. The van der Waals surface area contributed by atoms with Gasteiger partial charge in [-0.2, -0.15) is 0 Å². The van der Waals surface area contributed by atoms with Gasteiger partial charge in [0.05, 0.1) is 24.4 Å². The second-order valence-corrected chi connectivity index (χ2v) is 6.18. The first kappa shape index (κ1) is 18.4. The summed E-state index contributed by atoms with van der Waals surface area (Å²) in [6, 6.07) is -1.09. The zero-order valence-electron chi connectivity index (χ0n) is 13.5. The predicted octanol–water partition coefficient (Wildman–Crippen LogP) is 1.30. The molecule has 1 unspecified atom stereocenters. The molecule has 1 aromatic rings. The van der Waals surface area contributed by atoms with E-state index in [4.69, 9.17) is 5.73 Å². The van der Waals surface area contributed by atoms with Crippen LogP contribution in [0.25, 0.3) is 0 Å². The number of rotatable bonds is 7. The summed E-state index contributed by atoms with van der Waals surface area (Å²) in [5, 5.41) is 5.61. The third-order valence-corrected chi connectivity index (χ3v) is 4.24. The maximum Gasteiger partial charge on any atom is 0.328 e. The van der Waals surface area contributed by atoms with Crippen molar-refractivity contribution in [3.8, 4) is 0 Å². The number of carbonyl (C=O) groups excluding carboxylic acids is 2. The van der Waals surface area contributed by atoms with Gasteiger partial charge in [-0.1, -0.05) is 13.8 Å². The summed E-state index contributed by atoms with van der Waals surface area (Å²) in [5.74, 6) is -0.130. The van der Waals surface area contributed by atoms with E-state index < -0.39 is 12.0 Å². The molecule has 0 aliphatic carbocycles. The fraction of sp³-hybridized carbons (Fsp3) is 0.643. The third-order valence-electron chi connectivity index (χ3n) is 3.05. The smallest absolute Gasteiger partial charge is 0.328 e. The minimum atomic E-state index is -0.730. The maximum atomic E-state index is 12.1. The molecule has 124 valence electrons. The molecule has 0 saturated heterocycles. The van der Waals surface area contributed by atoms with Gasteiger partial charge in [0.15, 0.2) is 0 Å². The zero-order chi connectivity index (χ0) is 16.7. The van der Waals surface area contributed by atoms with Crippen molar-refractivity contribution in [1.82, 2.24) is 15.2 Å². The second kappa shape index (κ2) is 8.70. The average Bonchev–Trinajstić information content (AvgIpc) is 2.94. The molecule has 2 amide bonds. The van der Waals surface area contributed by atoms with Gasteiger partial charge in [0, 0.05) is 18.3 Å². The predicted molar refractivity (Wildman–Crippen MR) is 85.7 cm³/mol. The number of ether oxygens (including phenoxy) is 1. The van der Waals surface area contributed by atoms with Crippen molar-refractivity contribution in [3.63, 3.8) is 0 Å². The molecule has 1 rings (SSSR count). The van der Waals surface area contributed by atoms with E-state index in [9.17, 15) is 9.59 Å². The van der Waals surface area contributed by atoms with Crippen molar-refractivity contribution in [2.75, 3.05) is 20.7 Å². The van der Waals surface area contributed by atoms with Crippen molar-refractivity contribution in [2.24, 2.45) is 5.73 Å². The summed E-state index contributed by atoms with van der Waals surface area (Å²) in [6.07, 6.45) is 0.334. The quantitative estimate of drug-likeness (QED) is 0.735. The zero-order valence-corrected chi connectivity index (χ0v) is 14.3. The van der Waals surface area contributed by atoms with E-state index in [-0.39, 0.29) is 12.6 Å². The number of thiazole rings is 1. The number of esters is 1. The van der Waals surface area contributed by atoms with Gasteiger partial charge in [0.25, 0.3) is 0 Å². The molecule has 7 nitrogen and oxygen atoms in total. The fourth-order valence-electron chi connectivity index (χ4n) is 1.79. The van der Waals surface area contributed by atoms with Gasteiger partial charge in [-0.3, -0.25) is 0 Å². The number of nitrogens with two attached hydrogens (primary N) is 1. The molecule has 0 bridgehead atoms. The molecule has 0 spiro atoms. The number of hydrogen-bond acceptors (Lipinski definition) is 6. The molecule has 0 saturated carbocycles. The molecule has 22 heavy (non-hydrogen) atoms. The van der Waals surface area contributed by atoms with Gasteiger partial charge < -0.3 is 20.7 Å². The Balaban J connectivity index is 2.61. The Morgan fingerprint density at radius 2 is 2.18 bits per heavy atom. The maximum absolute atomic E-state index is 12.1. The van der Waals surface area contributed by atoms with Crippen LogP contribution in [-0.2, 0) is 16.1 Å². The lowest BCUT2D eigenvalue weighted by molar-refractivity contribution is -0.143. The molecule has 0 aliphatic rings. The van der Waals surface area contributed by atoms with Crippen LogP contribution in [-0.4, -0.2) is 48.6 Å². The molecule has 0 aliphatic heterocycles. The van der Waals surface area contributed by atoms with Crippen LogP contribution >= 0.6 is 11.3 Å². The Hall–Kier alpha value is -1.67. The van der Waals surface area contributed by atoms with Gasteiger partial charge in [-0.15, -0.1) is 11.3 Å². The standard InChI is InChI=1S/C14H24N4O3S/c1-9(2)12-16-10(8-22-12)7-18(3)14(20)17-11(5-6-15)13(19)21-4/h8-9,11H,5-7,15H2,1-4H3,(H,17,20). The number of nitrogens with one attached hydrogen (secondary N) is 1. The third kappa shape index (κ3) is 5.27. The minimum absolute atomic E-state index is 0.285. The highest BCUT2D eigenvalue weighted by Gasteiger charge is 2.22. The highest BCUT2D eigenvalue weighted by molar-refractivity contribution is 7.09. The molecule has 1 aromatic heterocycles. The van der Waals surface area contributed by atoms with E-state index in [0.29, 0.717) is 18.9 Å². The molecular weight excluding hydrogens is 304 g/mol. The Bertz CT molecular complexity index is 504. The lowest BCUT2D eigenvalue weighted by Gasteiger charge is -2.21. The largest absolute Gasteiger partial charge is 0.467 e. The molecule has 8 heteroatoms. The van der Waals surface area contributed by atoms with Gasteiger partial charge in [0.1, 0.15) is 6.04 Å². The van der Waals surface area contributed by atoms with Crippen LogP contribution in [0.5, 0.6) is 0 Å². The first-order chi connectivity index (χ1) is 10.4. The van der Waals surface area contributed by atoms with Crippen molar-refractivity contribution >= 4 is 23.3 Å². The van der Waals surface area contributed by atoms with Crippen LogP contribution in [0.2, 0.25) is 0 Å². The Labute approximate surface area is 134 Å². The Morgan fingerprint density at radius 3 is 2.68 bits per heavy atom. The molecule has 0 aromatic carbocycles. The summed E-state index contributed by atoms with van der Waals surface area (Å²) in [7, 11) is 2.94. The number of carbonyl (C=O) groups is 2. The van der Waals surface area contributed by atoms with E-state index in [1.54, 1.807) is 18.4 Å². The Morgan fingerprint density at radius 1 is 1.50 bits per heavy atom. The summed E-state index contributed by atoms with van der Waals surface area (Å²) in [6.45, 7) is 4.82. The van der Waals surface area contributed by atoms with Crippen molar-refractivity contribution in [1.29, 1.82) is 0 Å². The van der Waals surface area contributed by atoms with Crippen LogP contribution in [0.4, 0.5) is 4.79 Å². The van der Waals surface area contributed by atoms with Crippen molar-refractivity contribution in [3.05, 3.63) is 16.1 Å². The molecular formula is C14H24N4O3S. The molecule has 1 atom stereocenters. The lowest BCUT2D eigenvalue weighted by Crippen LogP contribution is -2.47. The van der Waals surface area contributed by atoms with Crippen LogP contribution in [0.3, 0.4) is 0 Å². The Kier molecular flexibility index (Phi) is 7.26. The van der Waals surface area contributed by atoms with Gasteiger partial charge in [-0.25, -0.2) is 14.6 Å². The van der Waals surface area contributed by atoms with E-state index >= 15 is 0 Å². The number of hydrogen-bond donors (Lipinski definition) is 2. The molecule has 3 N–H and O–H groups in total. The number of aromatic nitrogens is 1. The van der Waals surface area contributed by atoms with E-state index in [2.05, 4.69) is 28.9 Å². The van der Waals surface area contributed by atoms with Crippen molar-refractivity contribution in [2.45, 2.75) is 38.8 Å². The van der Waals surface area contributed by atoms with E-state index in [1.807, 2.05) is 5.38 Å². The summed E-state index contributed by atoms with van der Waals surface area (Å²) < 4.78 is 4.66. The first-order valence-corrected chi connectivity index (χ1v) is 8.00. The van der Waals surface area contributed by atoms with Crippen LogP contribution in [0.1, 0.15) is 36.9 Å². The number of urea groups is 1. The topological polar surface area (TPSA) is 97.5 Å². The van der Waals surface area contributed by atoms with Crippen molar-refractivity contribution < 1.29 is 14.3 Å². The summed E-state index contributed by atoms with van der Waals surface area (Å²) >= 11 is 1.58. The number of nitrogens with zero attached hydrogens (tertiary/aromatic N) is 2. The summed E-state index contributed by atoms with van der Waals surface area (Å²) in [4.78, 5) is 29.7. The number of methoxy groups -OCH3 is 1. The monoisotopic (exact) mass is 328 g/mol. The summed E-state index contributed by atoms with van der Waals surface area (Å²) in [5.41, 5.74) is 6.28. The SMILES string of the molecule is COC(=O)C(CCN)NC(=O)N(C)Cc1csc(C(C)C)n1. The number of amides is 2. The van der Waals surface area contributed by atoms with E-state index in [1.165, 1.54) is 12.0 Å². The average molecular weight is 328 g/mol. The van der Waals surface area contributed by atoms with Crippen LogP contribution in [0.15, 0.2) is 5.38 Å². The fourth-order valence-corrected chi connectivity index (χ4v) is 2.62. The highest BCUT2D eigenvalue weighted by atomic mass is 32.1. The van der Waals surface area contributed by atoms with Crippen LogP contribution in [0, 0.1) is 0 Å². The van der Waals surface area contributed by atoms with Gasteiger partial charge in [-0.05, 0) is 13.0 Å². The minimum Gasteiger partial charge on any atom is -0.467 e. The normalized spacial score (nSPS) is 12.1.